The smallest absolute Gasteiger partial charge is 0.124 e. The molecule has 1 saturated heterocycles. The third-order valence-corrected chi connectivity index (χ3v) is 3.65. The van der Waals surface area contributed by atoms with Crippen LogP contribution in [0.3, 0.4) is 0 Å². The summed E-state index contributed by atoms with van der Waals surface area (Å²) in [6, 6.07) is 0.512. The zero-order valence-corrected chi connectivity index (χ0v) is 8.17. The summed E-state index contributed by atoms with van der Waals surface area (Å²) in [5.74, 6) is 1.09. The van der Waals surface area contributed by atoms with Gasteiger partial charge in [-0.25, -0.2) is 0 Å². The molecular formula is C11H19NO. The monoisotopic (exact) mass is 181 g/mol. The van der Waals surface area contributed by atoms with Crippen LogP contribution in [0.5, 0.6) is 0 Å². The van der Waals surface area contributed by atoms with Crippen molar-refractivity contribution in [3.05, 3.63) is 0 Å². The van der Waals surface area contributed by atoms with Gasteiger partial charge in [-0.3, -0.25) is 0 Å². The molecule has 0 aromatic carbocycles. The van der Waals surface area contributed by atoms with E-state index in [-0.39, 0.29) is 0 Å². The molecule has 0 aromatic heterocycles. The van der Waals surface area contributed by atoms with Crippen LogP contribution in [0, 0.1) is 11.8 Å². The molecule has 2 nitrogen and oxygen atoms in total. The highest BCUT2D eigenvalue weighted by Gasteiger charge is 2.33. The Bertz CT molecular complexity index is 175. The van der Waals surface area contributed by atoms with Crippen molar-refractivity contribution in [3.63, 3.8) is 0 Å². The molecule has 1 aliphatic heterocycles. The maximum atomic E-state index is 10.8. The predicted octanol–water partition coefficient (Wildman–Crippen LogP) is 1.74. The second kappa shape index (κ2) is 4.23. The second-order valence-corrected chi connectivity index (χ2v) is 4.47. The third-order valence-electron chi connectivity index (χ3n) is 3.65. The highest BCUT2D eigenvalue weighted by molar-refractivity contribution is 5.55. The van der Waals surface area contributed by atoms with Gasteiger partial charge in [-0.2, -0.15) is 0 Å². The van der Waals surface area contributed by atoms with Crippen molar-refractivity contribution in [1.82, 2.24) is 5.32 Å². The van der Waals surface area contributed by atoms with Gasteiger partial charge in [0.1, 0.15) is 6.29 Å². The average molecular weight is 181 g/mol. The molecule has 2 rings (SSSR count). The lowest BCUT2D eigenvalue weighted by atomic mass is 9.80. The van der Waals surface area contributed by atoms with E-state index in [1.165, 1.54) is 38.4 Å². The molecule has 13 heavy (non-hydrogen) atoms. The van der Waals surface area contributed by atoms with Crippen LogP contribution in [0.4, 0.5) is 0 Å². The lowest BCUT2D eigenvalue weighted by Crippen LogP contribution is -2.36. The summed E-state index contributed by atoms with van der Waals surface area (Å²) >= 11 is 0. The van der Waals surface area contributed by atoms with Crippen LogP contribution in [-0.4, -0.2) is 18.9 Å². The molecule has 1 N–H and O–H groups in total. The number of aldehydes is 1. The Morgan fingerprint density at radius 3 is 2.54 bits per heavy atom. The summed E-state index contributed by atoms with van der Waals surface area (Å²) < 4.78 is 0. The molecule has 0 amide bonds. The van der Waals surface area contributed by atoms with Crippen LogP contribution in [0.15, 0.2) is 0 Å². The van der Waals surface area contributed by atoms with Crippen LogP contribution in [-0.2, 0) is 4.79 Å². The number of hydrogen-bond acceptors (Lipinski definition) is 2. The maximum Gasteiger partial charge on any atom is 0.124 e. The van der Waals surface area contributed by atoms with Crippen molar-refractivity contribution in [2.24, 2.45) is 11.8 Å². The first kappa shape index (κ1) is 9.20. The van der Waals surface area contributed by atoms with E-state index in [1.807, 2.05) is 0 Å². The number of nitrogens with one attached hydrogen (secondary N) is 1. The van der Waals surface area contributed by atoms with E-state index in [2.05, 4.69) is 5.32 Å². The highest BCUT2D eigenvalue weighted by atomic mass is 16.1. The fourth-order valence-electron chi connectivity index (χ4n) is 2.91. The molecule has 0 spiro atoms. The molecule has 2 fully saturated rings. The first-order valence-electron chi connectivity index (χ1n) is 5.60. The molecule has 1 heterocycles. The Morgan fingerprint density at radius 1 is 1.08 bits per heavy atom. The summed E-state index contributed by atoms with van der Waals surface area (Å²) in [6.07, 6.45) is 9.03. The van der Waals surface area contributed by atoms with Gasteiger partial charge in [0.05, 0.1) is 0 Å². The average Bonchev–Trinajstić information content (AvgIpc) is 2.67. The predicted molar refractivity (Wildman–Crippen MR) is 52.5 cm³/mol. The van der Waals surface area contributed by atoms with Gasteiger partial charge in [0.2, 0.25) is 0 Å². The highest BCUT2D eigenvalue weighted by Crippen LogP contribution is 2.31. The van der Waals surface area contributed by atoms with Crippen molar-refractivity contribution in [2.45, 2.75) is 44.6 Å². The molecule has 2 atom stereocenters. The minimum absolute atomic E-state index is 0.308. The van der Waals surface area contributed by atoms with Gasteiger partial charge in [-0.1, -0.05) is 19.3 Å². The number of carbonyl (C=O) groups excluding carboxylic acids is 1. The molecule has 2 unspecified atom stereocenters. The fourth-order valence-corrected chi connectivity index (χ4v) is 2.91. The number of rotatable bonds is 2. The lowest BCUT2D eigenvalue weighted by Gasteiger charge is -2.29. The van der Waals surface area contributed by atoms with E-state index >= 15 is 0 Å². The van der Waals surface area contributed by atoms with Crippen LogP contribution in [0.2, 0.25) is 0 Å². The lowest BCUT2D eigenvalue weighted by molar-refractivity contribution is -0.111. The fraction of sp³-hybridized carbons (Fsp3) is 0.909. The molecule has 1 saturated carbocycles. The zero-order valence-electron chi connectivity index (χ0n) is 8.17. The molecule has 0 radical (unpaired) electrons. The number of hydrogen-bond donors (Lipinski definition) is 1. The van der Waals surface area contributed by atoms with Crippen molar-refractivity contribution < 1.29 is 4.79 Å². The first-order valence-corrected chi connectivity index (χ1v) is 5.60. The van der Waals surface area contributed by atoms with Crippen molar-refractivity contribution in [1.29, 1.82) is 0 Å². The van der Waals surface area contributed by atoms with Gasteiger partial charge in [-0.05, 0) is 31.7 Å². The standard InChI is InChI=1S/C11H19NO/c13-8-10-6-7-12-11(10)9-4-2-1-3-5-9/h8-12H,1-7H2. The molecule has 2 heteroatoms. The van der Waals surface area contributed by atoms with E-state index in [4.69, 9.17) is 0 Å². The molecule has 0 aromatic rings. The quantitative estimate of drug-likeness (QED) is 0.657. The largest absolute Gasteiger partial charge is 0.313 e. The van der Waals surface area contributed by atoms with Crippen molar-refractivity contribution >= 4 is 6.29 Å². The Labute approximate surface area is 80.1 Å². The minimum Gasteiger partial charge on any atom is -0.313 e. The Kier molecular flexibility index (Phi) is 2.99. The van der Waals surface area contributed by atoms with Gasteiger partial charge < -0.3 is 10.1 Å². The second-order valence-electron chi connectivity index (χ2n) is 4.47. The van der Waals surface area contributed by atoms with Crippen molar-refractivity contribution in [2.75, 3.05) is 6.54 Å². The molecule has 2 aliphatic rings. The summed E-state index contributed by atoms with van der Waals surface area (Å²) in [5, 5.41) is 3.50. The summed E-state index contributed by atoms with van der Waals surface area (Å²) in [4.78, 5) is 10.8. The van der Waals surface area contributed by atoms with E-state index < -0.39 is 0 Å². The van der Waals surface area contributed by atoms with Gasteiger partial charge in [0.15, 0.2) is 0 Å². The van der Waals surface area contributed by atoms with Crippen LogP contribution in [0.1, 0.15) is 38.5 Å². The summed E-state index contributed by atoms with van der Waals surface area (Å²) in [6.45, 7) is 1.05. The zero-order chi connectivity index (χ0) is 9.10. The topological polar surface area (TPSA) is 29.1 Å². The van der Waals surface area contributed by atoms with Gasteiger partial charge in [-0.15, -0.1) is 0 Å². The van der Waals surface area contributed by atoms with Crippen molar-refractivity contribution in [3.8, 4) is 0 Å². The number of carbonyl (C=O) groups is 1. The van der Waals surface area contributed by atoms with Gasteiger partial charge in [0, 0.05) is 12.0 Å². The Balaban J connectivity index is 1.93. The van der Waals surface area contributed by atoms with Crippen LogP contribution < -0.4 is 5.32 Å². The van der Waals surface area contributed by atoms with Gasteiger partial charge in [0.25, 0.3) is 0 Å². The van der Waals surface area contributed by atoms with E-state index in [0.29, 0.717) is 12.0 Å². The molecular weight excluding hydrogens is 162 g/mol. The molecule has 74 valence electrons. The minimum atomic E-state index is 0.308. The normalized spacial score (nSPS) is 36.3. The SMILES string of the molecule is O=CC1CCNC1C1CCCCC1. The third kappa shape index (κ3) is 1.93. The summed E-state index contributed by atoms with van der Waals surface area (Å²) in [5.41, 5.74) is 0. The Morgan fingerprint density at radius 2 is 1.85 bits per heavy atom. The van der Waals surface area contributed by atoms with E-state index in [0.717, 1.165) is 18.9 Å². The van der Waals surface area contributed by atoms with Gasteiger partial charge >= 0.3 is 0 Å². The maximum absolute atomic E-state index is 10.8. The van der Waals surface area contributed by atoms with Crippen LogP contribution in [0.25, 0.3) is 0 Å². The van der Waals surface area contributed by atoms with E-state index in [9.17, 15) is 4.79 Å². The molecule has 1 aliphatic carbocycles. The summed E-state index contributed by atoms with van der Waals surface area (Å²) in [7, 11) is 0. The molecule has 0 bridgehead atoms. The van der Waals surface area contributed by atoms with E-state index in [1.54, 1.807) is 0 Å². The van der Waals surface area contributed by atoms with Crippen LogP contribution >= 0.6 is 0 Å². The Hall–Kier alpha value is -0.370. The first-order chi connectivity index (χ1) is 6.42.